The average Bonchev–Trinajstić information content (AvgIpc) is 2.46. The van der Waals surface area contributed by atoms with Gasteiger partial charge in [0.05, 0.1) is 16.8 Å². The normalized spacial score (nSPS) is 17.2. The minimum Gasteiger partial charge on any atom is -0.465 e. The number of hydrogen-bond acceptors (Lipinski definition) is 1. The number of fused-ring (bicyclic) bond motifs is 1. The highest BCUT2D eigenvalue weighted by atomic mass is 35.5. The first-order valence-electron chi connectivity index (χ1n) is 6.26. The summed E-state index contributed by atoms with van der Waals surface area (Å²) in [6.45, 7) is 0. The largest absolute Gasteiger partial charge is 0.465 e. The quantitative estimate of drug-likeness (QED) is 0.685. The van der Waals surface area contributed by atoms with Crippen molar-refractivity contribution in [3.63, 3.8) is 0 Å². The molecule has 1 atom stereocenters. The summed E-state index contributed by atoms with van der Waals surface area (Å²) < 4.78 is 44.3. The second-order valence-corrected chi connectivity index (χ2v) is 5.11. The number of hydrogen-bond donors (Lipinski definition) is 0. The fourth-order valence-corrected chi connectivity index (χ4v) is 2.61. The predicted molar refractivity (Wildman–Crippen MR) is 74.5 cm³/mol. The molecule has 0 bridgehead atoms. The molecule has 1 nitrogen and oxygen atoms in total. The average molecular weight is 311 g/mol. The summed E-state index contributed by atoms with van der Waals surface area (Å²) >= 11 is 5.66. The monoisotopic (exact) mass is 310 g/mol. The Bertz CT molecular complexity index is 707. The molecule has 0 fully saturated rings. The zero-order chi connectivity index (χ0) is 15.0. The van der Waals surface area contributed by atoms with Crippen LogP contribution in [0.5, 0.6) is 5.75 Å². The molecule has 0 aromatic heterocycles. The summed E-state index contributed by atoms with van der Waals surface area (Å²) in [4.78, 5) is 0. The van der Waals surface area contributed by atoms with Crippen LogP contribution in [0.25, 0.3) is 0 Å². The number of alkyl halides is 3. The second kappa shape index (κ2) is 5.11. The first-order valence-corrected chi connectivity index (χ1v) is 6.63. The lowest BCUT2D eigenvalue weighted by Gasteiger charge is -2.22. The molecule has 1 heterocycles. The van der Waals surface area contributed by atoms with Gasteiger partial charge in [0.1, 0.15) is 5.75 Å². The van der Waals surface area contributed by atoms with Crippen molar-refractivity contribution < 1.29 is 17.9 Å². The number of halogens is 4. The van der Waals surface area contributed by atoms with E-state index in [0.717, 1.165) is 11.6 Å². The van der Waals surface area contributed by atoms with Crippen LogP contribution in [0.2, 0.25) is 5.02 Å². The molecule has 2 aromatic rings. The lowest BCUT2D eigenvalue weighted by molar-refractivity contribution is -0.137. The van der Waals surface area contributed by atoms with Gasteiger partial charge in [0.25, 0.3) is 0 Å². The van der Waals surface area contributed by atoms with Gasteiger partial charge in [-0.05, 0) is 29.8 Å². The molecule has 0 saturated heterocycles. The van der Waals surface area contributed by atoms with Crippen LogP contribution in [0.3, 0.4) is 0 Å². The molecule has 0 spiro atoms. The van der Waals surface area contributed by atoms with Crippen LogP contribution in [0.15, 0.2) is 54.8 Å². The van der Waals surface area contributed by atoms with E-state index in [2.05, 4.69) is 0 Å². The van der Waals surface area contributed by atoms with Crippen molar-refractivity contribution in [1.82, 2.24) is 0 Å². The fraction of sp³-hybridized carbons (Fsp3) is 0.125. The molecule has 0 radical (unpaired) electrons. The number of allylic oxidation sites excluding steroid dienone is 1. The van der Waals surface area contributed by atoms with Crippen LogP contribution in [-0.4, -0.2) is 0 Å². The third-order valence-corrected chi connectivity index (χ3v) is 3.70. The number of rotatable bonds is 1. The summed E-state index contributed by atoms with van der Waals surface area (Å²) in [5.74, 6) is 0.363. The standard InChI is InChI=1S/C16H10ClF3O/c17-14-6-5-10(9-13(14)16(18,19)20)11-7-8-21-15-4-2-1-3-12(11)15/h1-9,11H. The van der Waals surface area contributed by atoms with Crippen LogP contribution >= 0.6 is 11.6 Å². The molecule has 0 N–H and O–H groups in total. The summed E-state index contributed by atoms with van der Waals surface area (Å²) in [7, 11) is 0. The summed E-state index contributed by atoms with van der Waals surface area (Å²) in [6.07, 6.45) is -1.25. The zero-order valence-corrected chi connectivity index (χ0v) is 11.4. The maximum Gasteiger partial charge on any atom is 0.417 e. The van der Waals surface area contributed by atoms with Gasteiger partial charge in [0, 0.05) is 11.5 Å². The van der Waals surface area contributed by atoms with Gasteiger partial charge in [0.2, 0.25) is 0 Å². The Morgan fingerprint density at radius 1 is 1.05 bits per heavy atom. The maximum atomic E-state index is 13.0. The van der Waals surface area contributed by atoms with Gasteiger partial charge in [-0.25, -0.2) is 0 Å². The Labute approximate surface area is 124 Å². The van der Waals surface area contributed by atoms with Gasteiger partial charge in [-0.2, -0.15) is 13.2 Å². The van der Waals surface area contributed by atoms with Crippen molar-refractivity contribution in [3.8, 4) is 5.75 Å². The SMILES string of the molecule is FC(F)(F)c1cc(C2C=COc3ccccc32)ccc1Cl. The topological polar surface area (TPSA) is 9.23 Å². The summed E-state index contributed by atoms with van der Waals surface area (Å²) in [5.41, 5.74) is 0.535. The van der Waals surface area contributed by atoms with Crippen LogP contribution in [0.4, 0.5) is 13.2 Å². The fourth-order valence-electron chi connectivity index (χ4n) is 2.38. The van der Waals surface area contributed by atoms with Gasteiger partial charge in [0.15, 0.2) is 0 Å². The van der Waals surface area contributed by atoms with Crippen LogP contribution < -0.4 is 4.74 Å². The highest BCUT2D eigenvalue weighted by Gasteiger charge is 2.34. The van der Waals surface area contributed by atoms with E-state index in [4.69, 9.17) is 16.3 Å². The maximum absolute atomic E-state index is 13.0. The Morgan fingerprint density at radius 3 is 2.57 bits per heavy atom. The third-order valence-electron chi connectivity index (χ3n) is 3.38. The van der Waals surface area contributed by atoms with Crippen molar-refractivity contribution in [2.24, 2.45) is 0 Å². The molecule has 0 amide bonds. The Hall–Kier alpha value is -1.94. The van der Waals surface area contributed by atoms with Crippen LogP contribution in [-0.2, 0) is 6.18 Å². The Kier molecular flexibility index (Phi) is 3.41. The third kappa shape index (κ3) is 2.63. The van der Waals surface area contributed by atoms with Crippen molar-refractivity contribution in [2.45, 2.75) is 12.1 Å². The van der Waals surface area contributed by atoms with Gasteiger partial charge < -0.3 is 4.74 Å². The Balaban J connectivity index is 2.09. The predicted octanol–water partition coefficient (Wildman–Crippen LogP) is 5.40. The minimum absolute atomic E-state index is 0.284. The van der Waals surface area contributed by atoms with Gasteiger partial charge in [-0.15, -0.1) is 0 Å². The zero-order valence-electron chi connectivity index (χ0n) is 10.7. The number of para-hydroxylation sites is 1. The van der Waals surface area contributed by atoms with E-state index in [0.29, 0.717) is 11.3 Å². The molecule has 2 aromatic carbocycles. The Morgan fingerprint density at radius 2 is 1.81 bits per heavy atom. The van der Waals surface area contributed by atoms with Crippen LogP contribution in [0, 0.1) is 0 Å². The number of benzene rings is 2. The van der Waals surface area contributed by atoms with E-state index in [1.165, 1.54) is 12.3 Å². The van der Waals surface area contributed by atoms with E-state index in [9.17, 15) is 13.2 Å². The van der Waals surface area contributed by atoms with Crippen molar-refractivity contribution in [2.75, 3.05) is 0 Å². The summed E-state index contributed by atoms with van der Waals surface area (Å²) in [5, 5.41) is -0.296. The highest BCUT2D eigenvalue weighted by Crippen LogP contribution is 2.40. The first kappa shape index (κ1) is 14.0. The van der Waals surface area contributed by atoms with Gasteiger partial charge >= 0.3 is 6.18 Å². The molecular weight excluding hydrogens is 301 g/mol. The molecule has 5 heteroatoms. The minimum atomic E-state index is -4.47. The molecule has 1 unspecified atom stereocenters. The first-order chi connectivity index (χ1) is 9.97. The molecule has 1 aliphatic rings. The summed E-state index contributed by atoms with van der Waals surface area (Å²) in [6, 6.07) is 11.3. The molecule has 0 saturated carbocycles. The van der Waals surface area contributed by atoms with Gasteiger partial charge in [-0.3, -0.25) is 0 Å². The van der Waals surface area contributed by atoms with Crippen molar-refractivity contribution in [1.29, 1.82) is 0 Å². The smallest absolute Gasteiger partial charge is 0.417 e. The molecule has 1 aliphatic heterocycles. The molecular formula is C16H10ClF3O. The van der Waals surface area contributed by atoms with E-state index in [-0.39, 0.29) is 10.9 Å². The van der Waals surface area contributed by atoms with E-state index in [1.807, 2.05) is 18.2 Å². The highest BCUT2D eigenvalue weighted by molar-refractivity contribution is 6.31. The second-order valence-electron chi connectivity index (χ2n) is 4.70. The van der Waals surface area contributed by atoms with Crippen LogP contribution in [0.1, 0.15) is 22.6 Å². The lowest BCUT2D eigenvalue weighted by atomic mass is 9.89. The lowest BCUT2D eigenvalue weighted by Crippen LogP contribution is -2.10. The van der Waals surface area contributed by atoms with E-state index in [1.54, 1.807) is 18.2 Å². The molecule has 0 aliphatic carbocycles. The molecule has 108 valence electrons. The van der Waals surface area contributed by atoms with E-state index < -0.39 is 11.7 Å². The molecule has 3 rings (SSSR count). The van der Waals surface area contributed by atoms with Crippen molar-refractivity contribution >= 4 is 11.6 Å². The number of ether oxygens (including phenoxy) is 1. The van der Waals surface area contributed by atoms with E-state index >= 15 is 0 Å². The molecule has 21 heavy (non-hydrogen) atoms. The van der Waals surface area contributed by atoms with Crippen molar-refractivity contribution in [3.05, 3.63) is 76.5 Å². The van der Waals surface area contributed by atoms with Gasteiger partial charge in [-0.1, -0.05) is 35.9 Å².